The number of nitrogens with zero attached hydrogens (tertiary/aromatic N) is 3. The molecule has 2 N–H and O–H groups in total. The maximum Gasteiger partial charge on any atom is 0.157 e. The molecule has 1 aromatic carbocycles. The average Bonchev–Trinajstić information content (AvgIpc) is 2.63. The minimum absolute atomic E-state index is 0.611. The van der Waals surface area contributed by atoms with Crippen molar-refractivity contribution in [3.63, 3.8) is 0 Å². The number of hydrogen-bond acceptors (Lipinski definition) is 5. The summed E-state index contributed by atoms with van der Waals surface area (Å²) in [5.41, 5.74) is 9.72. The number of hydrogen-bond donors (Lipinski definition) is 1. The molecule has 1 heterocycles. The van der Waals surface area contributed by atoms with Gasteiger partial charge in [-0.2, -0.15) is 5.26 Å². The van der Waals surface area contributed by atoms with Crippen LogP contribution in [0.2, 0.25) is 0 Å². The van der Waals surface area contributed by atoms with Crippen LogP contribution in [0.4, 0.5) is 16.4 Å². The van der Waals surface area contributed by atoms with Crippen molar-refractivity contribution >= 4 is 27.7 Å². The Balaban J connectivity index is 2.38. The standard InChI is InChI=1S/C14H14N4S/c1-8-6-11(16)4-5-13(8)17-18-14-12(7-15)9(2)10(3)19-14/h4-6H,16H2,1-3H3. The molecule has 1 aromatic heterocycles. The van der Waals surface area contributed by atoms with Crippen LogP contribution < -0.4 is 5.73 Å². The van der Waals surface area contributed by atoms with Crippen molar-refractivity contribution in [2.75, 3.05) is 5.73 Å². The van der Waals surface area contributed by atoms with Gasteiger partial charge in [-0.3, -0.25) is 0 Å². The number of aryl methyl sites for hydroxylation is 2. The Bertz CT molecular complexity index is 692. The predicted octanol–water partition coefficient (Wildman–Crippen LogP) is 4.54. The molecule has 0 radical (unpaired) electrons. The number of benzene rings is 1. The van der Waals surface area contributed by atoms with Crippen molar-refractivity contribution in [3.05, 3.63) is 39.8 Å². The summed E-state index contributed by atoms with van der Waals surface area (Å²) in [6.45, 7) is 5.84. The molecule has 0 spiro atoms. The third kappa shape index (κ3) is 2.64. The number of nitriles is 1. The number of nitrogen functional groups attached to an aromatic ring is 1. The smallest absolute Gasteiger partial charge is 0.157 e. The highest BCUT2D eigenvalue weighted by atomic mass is 32.1. The Morgan fingerprint density at radius 3 is 2.58 bits per heavy atom. The molecule has 0 amide bonds. The summed E-state index contributed by atoms with van der Waals surface area (Å²) < 4.78 is 0. The summed E-state index contributed by atoms with van der Waals surface area (Å²) in [5.74, 6) is 0. The zero-order chi connectivity index (χ0) is 14.0. The van der Waals surface area contributed by atoms with Gasteiger partial charge in [-0.1, -0.05) is 0 Å². The first-order chi connectivity index (χ1) is 9.02. The van der Waals surface area contributed by atoms with E-state index in [4.69, 9.17) is 11.0 Å². The van der Waals surface area contributed by atoms with Gasteiger partial charge in [0.2, 0.25) is 0 Å². The number of rotatable bonds is 2. The fourth-order valence-corrected chi connectivity index (χ4v) is 2.63. The van der Waals surface area contributed by atoms with Crippen LogP contribution in [0.5, 0.6) is 0 Å². The van der Waals surface area contributed by atoms with Crippen molar-refractivity contribution in [3.8, 4) is 6.07 Å². The largest absolute Gasteiger partial charge is 0.399 e. The summed E-state index contributed by atoms with van der Waals surface area (Å²) in [6, 6.07) is 7.65. The molecule has 2 rings (SSSR count). The first kappa shape index (κ1) is 13.2. The van der Waals surface area contributed by atoms with E-state index in [0.29, 0.717) is 16.3 Å². The van der Waals surface area contributed by atoms with Crippen LogP contribution in [0.1, 0.15) is 21.6 Å². The molecule has 0 bridgehead atoms. The Morgan fingerprint density at radius 2 is 1.95 bits per heavy atom. The maximum absolute atomic E-state index is 9.14. The number of anilines is 1. The van der Waals surface area contributed by atoms with Gasteiger partial charge in [0.05, 0.1) is 11.3 Å². The van der Waals surface area contributed by atoms with E-state index in [1.807, 2.05) is 32.9 Å². The average molecular weight is 270 g/mol. The van der Waals surface area contributed by atoms with E-state index in [0.717, 1.165) is 21.7 Å². The van der Waals surface area contributed by atoms with Gasteiger partial charge in [0.15, 0.2) is 5.00 Å². The van der Waals surface area contributed by atoms with Gasteiger partial charge in [-0.25, -0.2) is 0 Å². The summed E-state index contributed by atoms with van der Waals surface area (Å²) in [4.78, 5) is 1.10. The lowest BCUT2D eigenvalue weighted by atomic mass is 10.2. The molecule has 0 fully saturated rings. The Hall–Kier alpha value is -2.19. The molecule has 0 aliphatic rings. The third-order valence-electron chi connectivity index (χ3n) is 2.95. The molecule has 0 saturated carbocycles. The Morgan fingerprint density at radius 1 is 1.21 bits per heavy atom. The quantitative estimate of drug-likeness (QED) is 0.642. The Kier molecular flexibility index (Phi) is 3.63. The second-order valence-electron chi connectivity index (χ2n) is 4.32. The molecule has 0 aliphatic carbocycles. The zero-order valence-electron chi connectivity index (χ0n) is 11.1. The SMILES string of the molecule is Cc1cc(N)ccc1N=Nc1sc(C)c(C)c1C#N. The van der Waals surface area contributed by atoms with E-state index >= 15 is 0 Å². The third-order valence-corrected chi connectivity index (χ3v) is 4.04. The second kappa shape index (κ2) is 5.21. The second-order valence-corrected chi connectivity index (χ2v) is 5.52. The van der Waals surface area contributed by atoms with Gasteiger partial charge >= 0.3 is 0 Å². The molecule has 0 aliphatic heterocycles. The lowest BCUT2D eigenvalue weighted by Crippen LogP contribution is -1.84. The number of nitrogens with two attached hydrogens (primary N) is 1. The van der Waals surface area contributed by atoms with Gasteiger partial charge in [0.25, 0.3) is 0 Å². The van der Waals surface area contributed by atoms with Crippen molar-refractivity contribution in [1.82, 2.24) is 0 Å². The lowest BCUT2D eigenvalue weighted by molar-refractivity contribution is 1.22. The molecule has 19 heavy (non-hydrogen) atoms. The fraction of sp³-hybridized carbons (Fsp3) is 0.214. The number of azo groups is 1. The zero-order valence-corrected chi connectivity index (χ0v) is 11.9. The molecule has 96 valence electrons. The maximum atomic E-state index is 9.14. The van der Waals surface area contributed by atoms with Gasteiger partial charge in [-0.15, -0.1) is 21.6 Å². The van der Waals surface area contributed by atoms with Crippen LogP contribution in [-0.4, -0.2) is 0 Å². The van der Waals surface area contributed by atoms with Crippen LogP contribution in [0.15, 0.2) is 28.4 Å². The van der Waals surface area contributed by atoms with E-state index in [9.17, 15) is 0 Å². The highest BCUT2D eigenvalue weighted by molar-refractivity contribution is 7.16. The van der Waals surface area contributed by atoms with Gasteiger partial charge < -0.3 is 5.73 Å². The lowest BCUT2D eigenvalue weighted by Gasteiger charge is -1.99. The molecule has 0 saturated heterocycles. The first-order valence-corrected chi connectivity index (χ1v) is 6.62. The van der Waals surface area contributed by atoms with Crippen molar-refractivity contribution < 1.29 is 0 Å². The highest BCUT2D eigenvalue weighted by Crippen LogP contribution is 2.35. The van der Waals surface area contributed by atoms with E-state index < -0.39 is 0 Å². The molecule has 0 atom stereocenters. The summed E-state index contributed by atoms with van der Waals surface area (Å²) in [7, 11) is 0. The minimum atomic E-state index is 0.611. The van der Waals surface area contributed by atoms with Crippen molar-refractivity contribution in [2.24, 2.45) is 10.2 Å². The van der Waals surface area contributed by atoms with Crippen LogP contribution in [-0.2, 0) is 0 Å². The van der Waals surface area contributed by atoms with Gasteiger partial charge in [0.1, 0.15) is 6.07 Å². The molecule has 2 aromatic rings. The molecule has 4 nitrogen and oxygen atoms in total. The van der Waals surface area contributed by atoms with Crippen LogP contribution in [0.3, 0.4) is 0 Å². The van der Waals surface area contributed by atoms with E-state index in [1.54, 1.807) is 6.07 Å². The minimum Gasteiger partial charge on any atom is -0.399 e. The van der Waals surface area contributed by atoms with E-state index in [1.165, 1.54) is 11.3 Å². The van der Waals surface area contributed by atoms with Gasteiger partial charge in [-0.05, 0) is 50.1 Å². The molecular formula is C14H14N4S. The van der Waals surface area contributed by atoms with Crippen molar-refractivity contribution in [2.45, 2.75) is 20.8 Å². The fourth-order valence-electron chi connectivity index (χ4n) is 1.70. The Labute approximate surface area is 116 Å². The van der Waals surface area contributed by atoms with Crippen LogP contribution in [0, 0.1) is 32.1 Å². The van der Waals surface area contributed by atoms with E-state index in [-0.39, 0.29) is 0 Å². The summed E-state index contributed by atoms with van der Waals surface area (Å²) in [5, 5.41) is 18.2. The first-order valence-electron chi connectivity index (χ1n) is 5.81. The topological polar surface area (TPSA) is 74.5 Å². The summed E-state index contributed by atoms with van der Waals surface area (Å²) in [6.07, 6.45) is 0. The van der Waals surface area contributed by atoms with E-state index in [2.05, 4.69) is 16.3 Å². The number of thiophene rings is 1. The summed E-state index contributed by atoms with van der Waals surface area (Å²) >= 11 is 1.49. The van der Waals surface area contributed by atoms with Gasteiger partial charge in [0, 0.05) is 10.6 Å². The predicted molar refractivity (Wildman–Crippen MR) is 78.3 cm³/mol. The molecular weight excluding hydrogens is 256 g/mol. The monoisotopic (exact) mass is 270 g/mol. The molecule has 5 heteroatoms. The highest BCUT2D eigenvalue weighted by Gasteiger charge is 2.11. The van der Waals surface area contributed by atoms with Crippen LogP contribution >= 0.6 is 11.3 Å². The normalized spacial score (nSPS) is 10.8. The van der Waals surface area contributed by atoms with Crippen LogP contribution in [0.25, 0.3) is 0 Å². The molecule has 0 unspecified atom stereocenters. The van der Waals surface area contributed by atoms with Crippen molar-refractivity contribution in [1.29, 1.82) is 5.26 Å².